The normalized spacial score (nSPS) is 13.3. The number of hydrogen-bond acceptors (Lipinski definition) is 4. The summed E-state index contributed by atoms with van der Waals surface area (Å²) in [5.41, 5.74) is 1.92. The van der Waals surface area contributed by atoms with E-state index in [4.69, 9.17) is 21.4 Å². The fourth-order valence-electron chi connectivity index (χ4n) is 2.60. The van der Waals surface area contributed by atoms with Crippen LogP contribution in [0.4, 0.5) is 0 Å². The topological polar surface area (TPSA) is 70.0 Å². The van der Waals surface area contributed by atoms with Gasteiger partial charge in [0.2, 0.25) is 0 Å². The van der Waals surface area contributed by atoms with Crippen LogP contribution in [-0.4, -0.2) is 27.6 Å². The second-order valence-corrected chi connectivity index (χ2v) is 5.87. The van der Waals surface area contributed by atoms with Crippen molar-refractivity contribution in [3.63, 3.8) is 0 Å². The zero-order chi connectivity index (χ0) is 17.8. The Balaban J connectivity index is 2.05. The monoisotopic (exact) mass is 357 g/mol. The van der Waals surface area contributed by atoms with Crippen molar-refractivity contribution in [1.82, 2.24) is 4.90 Å². The van der Waals surface area contributed by atoms with Crippen LogP contribution in [-0.2, 0) is 9.53 Å². The zero-order valence-corrected chi connectivity index (χ0v) is 14.0. The highest BCUT2D eigenvalue weighted by Gasteiger charge is 2.21. The van der Waals surface area contributed by atoms with Gasteiger partial charge < -0.3 is 19.8 Å². The average molecular weight is 358 g/mol. The highest BCUT2D eigenvalue weighted by molar-refractivity contribution is 6.33. The number of benzene rings is 2. The molecular formula is C19H16ClNO4. The van der Waals surface area contributed by atoms with E-state index in [2.05, 4.69) is 0 Å². The molecule has 0 radical (unpaired) electrons. The standard InChI is InChI=1S/C19H16ClNO4/c20-14-6-7-15(22)18(13-4-2-1-3-5-13)19(14)16-12-21(10-11-25-16)9-8-17(23)24/h1-7,10-12,22H,8-9H2,(H,23,24). The van der Waals surface area contributed by atoms with E-state index in [1.807, 2.05) is 30.3 Å². The molecule has 0 aliphatic carbocycles. The van der Waals surface area contributed by atoms with Crippen LogP contribution in [0.2, 0.25) is 5.02 Å². The molecule has 25 heavy (non-hydrogen) atoms. The first-order valence-corrected chi connectivity index (χ1v) is 8.04. The van der Waals surface area contributed by atoms with Gasteiger partial charge in [-0.15, -0.1) is 0 Å². The summed E-state index contributed by atoms with van der Waals surface area (Å²) in [7, 11) is 0. The molecule has 0 saturated heterocycles. The third-order valence-corrected chi connectivity index (χ3v) is 4.07. The van der Waals surface area contributed by atoms with E-state index in [1.54, 1.807) is 23.4 Å². The third-order valence-electron chi connectivity index (χ3n) is 3.76. The van der Waals surface area contributed by atoms with Crippen LogP contribution in [0, 0.1) is 0 Å². The average Bonchev–Trinajstić information content (AvgIpc) is 2.62. The molecule has 1 aliphatic heterocycles. The van der Waals surface area contributed by atoms with Gasteiger partial charge >= 0.3 is 5.97 Å². The van der Waals surface area contributed by atoms with Crippen LogP contribution in [0.15, 0.2) is 61.1 Å². The first kappa shape index (κ1) is 16.9. The molecular weight excluding hydrogens is 342 g/mol. The van der Waals surface area contributed by atoms with Gasteiger partial charge in [-0.2, -0.15) is 0 Å². The summed E-state index contributed by atoms with van der Waals surface area (Å²) in [6.45, 7) is 0.301. The Morgan fingerprint density at radius 2 is 1.88 bits per heavy atom. The molecule has 6 heteroatoms. The van der Waals surface area contributed by atoms with Crippen molar-refractivity contribution >= 4 is 23.3 Å². The lowest BCUT2D eigenvalue weighted by atomic mass is 9.97. The first-order chi connectivity index (χ1) is 12.1. The second-order valence-electron chi connectivity index (χ2n) is 5.46. The van der Waals surface area contributed by atoms with Gasteiger partial charge in [0.1, 0.15) is 12.0 Å². The quantitative estimate of drug-likeness (QED) is 0.835. The maximum Gasteiger partial charge on any atom is 0.305 e. The van der Waals surface area contributed by atoms with Gasteiger partial charge in [-0.05, 0) is 17.7 Å². The van der Waals surface area contributed by atoms with E-state index in [9.17, 15) is 9.90 Å². The Morgan fingerprint density at radius 3 is 2.60 bits per heavy atom. The SMILES string of the molecule is O=C(O)CCN1C=COC(c2c(Cl)ccc(O)c2-c2ccccc2)=C1. The number of hydrogen-bond donors (Lipinski definition) is 2. The van der Waals surface area contributed by atoms with Crippen molar-refractivity contribution in [2.45, 2.75) is 6.42 Å². The summed E-state index contributed by atoms with van der Waals surface area (Å²) in [5, 5.41) is 19.7. The van der Waals surface area contributed by atoms with Crippen molar-refractivity contribution in [1.29, 1.82) is 0 Å². The lowest BCUT2D eigenvalue weighted by Gasteiger charge is -2.23. The molecule has 0 spiro atoms. The molecule has 0 aromatic heterocycles. The number of aromatic hydroxyl groups is 1. The molecule has 0 saturated carbocycles. The van der Waals surface area contributed by atoms with E-state index in [0.29, 0.717) is 28.5 Å². The minimum atomic E-state index is -0.879. The zero-order valence-electron chi connectivity index (χ0n) is 13.2. The number of carboxylic acids is 1. The van der Waals surface area contributed by atoms with E-state index in [-0.39, 0.29) is 12.2 Å². The maximum absolute atomic E-state index is 10.8. The number of ether oxygens (including phenoxy) is 1. The second kappa shape index (κ2) is 7.32. The Kier molecular flexibility index (Phi) is 4.95. The smallest absolute Gasteiger partial charge is 0.305 e. The molecule has 2 aromatic carbocycles. The molecule has 0 fully saturated rings. The molecule has 1 aliphatic rings. The van der Waals surface area contributed by atoms with Crippen LogP contribution in [0.5, 0.6) is 5.75 Å². The summed E-state index contributed by atoms with van der Waals surface area (Å²) in [5.74, 6) is -0.357. The number of carbonyl (C=O) groups is 1. The third kappa shape index (κ3) is 3.78. The minimum absolute atomic E-state index is 0.00651. The minimum Gasteiger partial charge on any atom is -0.507 e. The van der Waals surface area contributed by atoms with Gasteiger partial charge in [-0.25, -0.2) is 0 Å². The summed E-state index contributed by atoms with van der Waals surface area (Å²) in [6.07, 6.45) is 4.78. The summed E-state index contributed by atoms with van der Waals surface area (Å²) >= 11 is 6.39. The van der Waals surface area contributed by atoms with E-state index < -0.39 is 5.97 Å². The van der Waals surface area contributed by atoms with Crippen LogP contribution in [0.3, 0.4) is 0 Å². The van der Waals surface area contributed by atoms with Crippen LogP contribution in [0.1, 0.15) is 12.0 Å². The number of aliphatic carboxylic acids is 1. The van der Waals surface area contributed by atoms with Gasteiger partial charge in [-0.3, -0.25) is 4.79 Å². The fraction of sp³-hybridized carbons (Fsp3) is 0.105. The Bertz CT molecular complexity index is 846. The molecule has 1 heterocycles. The molecule has 0 amide bonds. The Hall–Kier alpha value is -2.92. The predicted molar refractivity (Wildman–Crippen MR) is 95.7 cm³/mol. The number of phenolic OH excluding ortho intramolecular Hbond substituents is 1. The predicted octanol–water partition coefficient (Wildman–Crippen LogP) is 4.29. The molecule has 2 aromatic rings. The molecule has 128 valence electrons. The molecule has 0 atom stereocenters. The highest BCUT2D eigenvalue weighted by Crippen LogP contribution is 2.41. The van der Waals surface area contributed by atoms with Gasteiger partial charge in [0.15, 0.2) is 5.76 Å². The first-order valence-electron chi connectivity index (χ1n) is 7.66. The molecule has 3 rings (SSSR count). The highest BCUT2D eigenvalue weighted by atomic mass is 35.5. The summed E-state index contributed by atoms with van der Waals surface area (Å²) in [6, 6.07) is 12.5. The molecule has 0 bridgehead atoms. The molecule has 0 unspecified atom stereocenters. The van der Waals surface area contributed by atoms with Gasteiger partial charge in [0.25, 0.3) is 0 Å². The molecule has 5 nitrogen and oxygen atoms in total. The van der Waals surface area contributed by atoms with Gasteiger partial charge in [0, 0.05) is 30.1 Å². The Morgan fingerprint density at radius 1 is 1.12 bits per heavy atom. The van der Waals surface area contributed by atoms with Crippen LogP contribution >= 0.6 is 11.6 Å². The number of carboxylic acid groups (broad SMARTS) is 1. The van der Waals surface area contributed by atoms with Crippen molar-refractivity contribution in [3.8, 4) is 16.9 Å². The number of halogens is 1. The number of rotatable bonds is 5. The number of phenols is 1. The van der Waals surface area contributed by atoms with Crippen LogP contribution in [0.25, 0.3) is 16.9 Å². The lowest BCUT2D eigenvalue weighted by molar-refractivity contribution is -0.137. The van der Waals surface area contributed by atoms with Crippen LogP contribution < -0.4 is 0 Å². The van der Waals surface area contributed by atoms with E-state index >= 15 is 0 Å². The van der Waals surface area contributed by atoms with E-state index in [0.717, 1.165) is 5.56 Å². The summed E-state index contributed by atoms with van der Waals surface area (Å²) < 4.78 is 5.59. The van der Waals surface area contributed by atoms with Crippen molar-refractivity contribution in [3.05, 3.63) is 71.7 Å². The Labute approximate surface area is 150 Å². The van der Waals surface area contributed by atoms with Gasteiger partial charge in [0.05, 0.1) is 11.4 Å². The fourth-order valence-corrected chi connectivity index (χ4v) is 2.85. The maximum atomic E-state index is 10.8. The largest absolute Gasteiger partial charge is 0.507 e. The van der Waals surface area contributed by atoms with Crippen molar-refractivity contribution in [2.75, 3.05) is 6.54 Å². The lowest BCUT2D eigenvalue weighted by Crippen LogP contribution is -2.18. The van der Waals surface area contributed by atoms with Gasteiger partial charge in [-0.1, -0.05) is 41.9 Å². The number of nitrogens with zero attached hydrogens (tertiary/aromatic N) is 1. The van der Waals surface area contributed by atoms with E-state index in [1.165, 1.54) is 12.3 Å². The molecule has 2 N–H and O–H groups in total. The van der Waals surface area contributed by atoms with Crippen molar-refractivity contribution in [2.24, 2.45) is 0 Å². The summed E-state index contributed by atoms with van der Waals surface area (Å²) in [4.78, 5) is 12.5. The van der Waals surface area contributed by atoms with Crippen molar-refractivity contribution < 1.29 is 19.7 Å².